The summed E-state index contributed by atoms with van der Waals surface area (Å²) < 4.78 is 71.5. The number of piperidine rings is 2. The van der Waals surface area contributed by atoms with Gasteiger partial charge in [-0.3, -0.25) is 34.5 Å². The lowest BCUT2D eigenvalue weighted by molar-refractivity contribution is -0.136. The summed E-state index contributed by atoms with van der Waals surface area (Å²) in [4.78, 5) is 78.7. The van der Waals surface area contributed by atoms with Gasteiger partial charge in [-0.1, -0.05) is 6.07 Å². The van der Waals surface area contributed by atoms with Crippen LogP contribution in [-0.4, -0.2) is 168 Å². The number of imide groups is 1. The van der Waals surface area contributed by atoms with Crippen LogP contribution >= 0.6 is 0 Å². The summed E-state index contributed by atoms with van der Waals surface area (Å²) in [7, 11) is 1.46. The van der Waals surface area contributed by atoms with Crippen LogP contribution in [0, 0.1) is 28.3 Å². The fraction of sp³-hybridized carbons (Fsp3) is 0.565. The van der Waals surface area contributed by atoms with Crippen molar-refractivity contribution in [2.45, 2.75) is 134 Å². The van der Waals surface area contributed by atoms with E-state index in [1.807, 2.05) is 37.8 Å². The molecule has 8 heterocycles. The van der Waals surface area contributed by atoms with Crippen molar-refractivity contribution in [2.24, 2.45) is 10.8 Å². The lowest BCUT2D eigenvalue weighted by Crippen LogP contribution is -2.57. The molecule has 3 aromatic carbocycles. The summed E-state index contributed by atoms with van der Waals surface area (Å²) in [5.74, 6) is -3.24. The number of aromatic nitrogens is 3. The molecule has 2 unspecified atom stereocenters. The fourth-order valence-electron chi connectivity index (χ4n) is 14.6. The number of hydrogen-bond acceptors (Lipinski definition) is 15. The van der Waals surface area contributed by atoms with Crippen molar-refractivity contribution in [1.82, 2.24) is 39.9 Å². The van der Waals surface area contributed by atoms with Crippen LogP contribution in [0.2, 0.25) is 0 Å². The molecule has 0 radical (unpaired) electrons. The van der Waals surface area contributed by atoms with Crippen LogP contribution in [0.25, 0.3) is 32.9 Å². The van der Waals surface area contributed by atoms with Crippen LogP contribution in [-0.2, 0) is 25.6 Å². The van der Waals surface area contributed by atoms with E-state index in [0.717, 1.165) is 102 Å². The summed E-state index contributed by atoms with van der Waals surface area (Å²) in [5.41, 5.74) is 1.90. The molecule has 440 valence electrons. The number of carbonyl (C=O) groups is 4. The van der Waals surface area contributed by atoms with Crippen LogP contribution in [0.1, 0.15) is 114 Å². The minimum Gasteiger partial charge on any atom is -0.468 e. The number of benzene rings is 3. The van der Waals surface area contributed by atoms with Gasteiger partial charge in [0.25, 0.3) is 5.91 Å². The zero-order valence-corrected chi connectivity index (χ0v) is 47.8. The molecule has 4 amide bonds. The van der Waals surface area contributed by atoms with E-state index in [4.69, 9.17) is 28.9 Å². The maximum absolute atomic E-state index is 17.6. The van der Waals surface area contributed by atoms with Gasteiger partial charge in [0.1, 0.15) is 34.4 Å². The number of rotatable bonds is 13. The highest BCUT2D eigenvalue weighted by molar-refractivity contribution is 6.06. The molecule has 2 aliphatic carbocycles. The highest BCUT2D eigenvalue weighted by atomic mass is 19.2. The normalized spacial score (nSPS) is 23.8. The molecule has 5 aromatic rings. The van der Waals surface area contributed by atoms with E-state index in [2.05, 4.69) is 36.0 Å². The van der Waals surface area contributed by atoms with Gasteiger partial charge < -0.3 is 38.5 Å². The Morgan fingerprint density at radius 2 is 1.53 bits per heavy atom. The third-order valence-electron chi connectivity index (χ3n) is 19.3. The number of hydrogen-bond donors (Lipinski definition) is 1. The molecule has 2 aromatic heterocycles. The molecule has 5 saturated heterocycles. The molecule has 1 N–H and O–H groups in total. The molecular formula is C62H73F3N10O8. The van der Waals surface area contributed by atoms with Gasteiger partial charge in [-0.15, -0.1) is 0 Å². The van der Waals surface area contributed by atoms with Gasteiger partial charge in [0, 0.05) is 106 Å². The number of carbonyl (C=O) groups excluding carboxylic acids is 4. The standard InChI is InChI=1S/C62H73F3N10O8/c1-60(2,3)83-59(79)75-41-6-7-42(75)33-73(32-41)55-46-30-66-53(45-29-43(82-36-80-4)28-37-5-10-47(63)51(64)50(37)45)52(65)54(46)68-58(69-55)81-35-62(17-18-62)34-70-21-19-61(20-22-70)15-13-39(14-16-61)71-23-25-72(26-24-71)40-8-9-44-38(27-40)31-74(57(44)78)48-11-12-49(76)67-56(48)77/h5,8-10,27-30,39,41-42,48H,6-7,11-26,31-36H2,1-4H3,(H,67,76,77)/t41?,42?,48-/m0/s1. The quantitative estimate of drug-likeness (QED) is 0.0876. The molecule has 2 saturated carbocycles. The van der Waals surface area contributed by atoms with Gasteiger partial charge in [0.05, 0.1) is 24.1 Å². The third kappa shape index (κ3) is 10.8. The molecule has 83 heavy (non-hydrogen) atoms. The average Bonchev–Trinajstić information content (AvgIpc) is 4.30. The van der Waals surface area contributed by atoms with Crippen molar-refractivity contribution in [2.75, 3.05) is 89.2 Å². The Kier molecular flexibility index (Phi) is 14.4. The number of anilines is 2. The first-order valence-corrected chi connectivity index (χ1v) is 29.7. The van der Waals surface area contributed by atoms with Crippen molar-refractivity contribution in [3.05, 3.63) is 77.2 Å². The molecule has 8 aliphatic rings. The monoisotopic (exact) mass is 1140 g/mol. The number of nitrogens with zero attached hydrogens (tertiary/aromatic N) is 9. The smallest absolute Gasteiger partial charge is 0.410 e. The number of halogens is 3. The number of fused-ring (bicyclic) bond motifs is 5. The first kappa shape index (κ1) is 55.4. The molecule has 7 fully saturated rings. The average molecular weight is 1140 g/mol. The third-order valence-corrected chi connectivity index (χ3v) is 19.3. The second-order valence-electron chi connectivity index (χ2n) is 25.7. The first-order chi connectivity index (χ1) is 39.9. The molecule has 1 spiro atoms. The highest BCUT2D eigenvalue weighted by Gasteiger charge is 2.49. The van der Waals surface area contributed by atoms with E-state index in [1.54, 1.807) is 4.90 Å². The fourth-order valence-corrected chi connectivity index (χ4v) is 14.6. The van der Waals surface area contributed by atoms with Gasteiger partial charge in [-0.05, 0) is 157 Å². The summed E-state index contributed by atoms with van der Waals surface area (Å²) in [6, 6.07) is 11.0. The molecule has 13 rings (SSSR count). The molecule has 21 heteroatoms. The van der Waals surface area contributed by atoms with Gasteiger partial charge in [-0.2, -0.15) is 9.97 Å². The van der Waals surface area contributed by atoms with Crippen LogP contribution in [0.15, 0.2) is 48.7 Å². The lowest BCUT2D eigenvalue weighted by atomic mass is 9.66. The number of likely N-dealkylation sites (tertiary alicyclic amines) is 1. The Morgan fingerprint density at radius 3 is 2.23 bits per heavy atom. The Labute approximate surface area is 480 Å². The lowest BCUT2D eigenvalue weighted by Gasteiger charge is -2.49. The van der Waals surface area contributed by atoms with Crippen LogP contribution in [0.3, 0.4) is 0 Å². The zero-order chi connectivity index (χ0) is 57.5. The van der Waals surface area contributed by atoms with Crippen molar-refractivity contribution >= 4 is 57.0 Å². The summed E-state index contributed by atoms with van der Waals surface area (Å²) in [6.45, 7) is 13.7. The van der Waals surface area contributed by atoms with E-state index < -0.39 is 35.0 Å². The van der Waals surface area contributed by atoms with E-state index in [9.17, 15) is 23.6 Å². The number of nitrogens with one attached hydrogen (secondary N) is 1. The Morgan fingerprint density at radius 1 is 0.783 bits per heavy atom. The van der Waals surface area contributed by atoms with E-state index in [-0.39, 0.29) is 87.9 Å². The maximum Gasteiger partial charge on any atom is 0.410 e. The predicted octanol–water partition coefficient (Wildman–Crippen LogP) is 8.60. The SMILES string of the molecule is COCOc1cc(-c2ncc3c(N4CC5CCC(C4)N5C(=O)OC(C)(C)C)nc(OCC4(CN5CCC6(CCC(N7CCN(c8ccc9c(c8)CN([C@H]8CCC(=O)NC8=O)C9=O)CC7)CC6)CC5)CC4)nc3c2F)c2c(F)c(F)ccc2c1. The second-order valence-corrected chi connectivity index (χ2v) is 25.7. The van der Waals surface area contributed by atoms with Crippen LogP contribution in [0.4, 0.5) is 29.5 Å². The number of ether oxygens (including phenoxy) is 4. The molecule has 18 nitrogen and oxygen atoms in total. The van der Waals surface area contributed by atoms with E-state index in [1.165, 1.54) is 57.2 Å². The van der Waals surface area contributed by atoms with Gasteiger partial charge >= 0.3 is 12.1 Å². The largest absolute Gasteiger partial charge is 0.468 e. The van der Waals surface area contributed by atoms with Gasteiger partial charge in [0.2, 0.25) is 11.8 Å². The molecular weight excluding hydrogens is 1070 g/mol. The molecule has 3 atom stereocenters. The summed E-state index contributed by atoms with van der Waals surface area (Å²) in [6.07, 6.45) is 12.4. The van der Waals surface area contributed by atoms with Gasteiger partial charge in [-0.25, -0.2) is 18.0 Å². The van der Waals surface area contributed by atoms with Crippen molar-refractivity contribution in [3.63, 3.8) is 0 Å². The van der Waals surface area contributed by atoms with Crippen molar-refractivity contribution in [3.8, 4) is 23.0 Å². The second kappa shape index (κ2) is 21.7. The van der Waals surface area contributed by atoms with Gasteiger partial charge in [0.15, 0.2) is 24.2 Å². The number of piperazine rings is 2. The number of amides is 4. The Bertz CT molecular complexity index is 3370. The van der Waals surface area contributed by atoms with Crippen LogP contribution in [0.5, 0.6) is 11.8 Å². The van der Waals surface area contributed by atoms with Crippen molar-refractivity contribution in [1.29, 1.82) is 0 Å². The highest BCUT2D eigenvalue weighted by Crippen LogP contribution is 2.50. The molecule has 6 aliphatic heterocycles. The van der Waals surface area contributed by atoms with E-state index >= 15 is 8.78 Å². The number of methoxy groups -OCH3 is 1. The number of pyridine rings is 1. The summed E-state index contributed by atoms with van der Waals surface area (Å²) >= 11 is 0. The van der Waals surface area contributed by atoms with E-state index in [0.29, 0.717) is 60.9 Å². The minimum atomic E-state index is -1.14. The van der Waals surface area contributed by atoms with Crippen molar-refractivity contribution < 1.29 is 51.3 Å². The maximum atomic E-state index is 17.6. The Balaban J connectivity index is 0.660. The first-order valence-electron chi connectivity index (χ1n) is 29.7. The zero-order valence-electron chi connectivity index (χ0n) is 47.8. The summed E-state index contributed by atoms with van der Waals surface area (Å²) in [5, 5.41) is 2.84. The minimum absolute atomic E-state index is 0.00721. The predicted molar refractivity (Wildman–Crippen MR) is 304 cm³/mol. The van der Waals surface area contributed by atoms with Crippen LogP contribution < -0.4 is 24.6 Å². The topological polar surface area (TPSA) is 175 Å². The Hall–Kier alpha value is -6.84. The molecule has 2 bridgehead atoms.